The van der Waals surface area contributed by atoms with Crippen LogP contribution in [0.4, 0.5) is 4.39 Å². The maximum absolute atomic E-state index is 12.4. The van der Waals surface area contributed by atoms with Crippen LogP contribution in [0, 0.1) is 74.1 Å². The molecule has 0 atom stereocenters. The molecule has 0 aliphatic heterocycles. The lowest BCUT2D eigenvalue weighted by Gasteiger charge is -2.27. The van der Waals surface area contributed by atoms with Crippen molar-refractivity contribution < 1.29 is 9.13 Å². The average molecular weight is 477 g/mol. The van der Waals surface area contributed by atoms with Gasteiger partial charge in [0.15, 0.2) is 0 Å². The molecule has 2 aromatic rings. The summed E-state index contributed by atoms with van der Waals surface area (Å²) in [6.07, 6.45) is 10.5. The quantitative estimate of drug-likeness (QED) is 0.403. The predicted molar refractivity (Wildman–Crippen MR) is 150 cm³/mol. The van der Waals surface area contributed by atoms with Gasteiger partial charge < -0.3 is 4.74 Å². The zero-order valence-corrected chi connectivity index (χ0v) is 23.7. The van der Waals surface area contributed by atoms with Gasteiger partial charge in [-0.05, 0) is 174 Å². The van der Waals surface area contributed by atoms with Crippen LogP contribution in [-0.2, 0) is 0 Å². The number of benzene rings is 2. The molecule has 1 fully saturated rings. The Morgan fingerprint density at radius 3 is 1.57 bits per heavy atom. The van der Waals surface area contributed by atoms with E-state index >= 15 is 0 Å². The first-order chi connectivity index (χ1) is 16.5. The summed E-state index contributed by atoms with van der Waals surface area (Å²) in [4.78, 5) is 0. The first-order valence-corrected chi connectivity index (χ1v) is 13.3. The number of allylic oxidation sites excluding steroid dienone is 3. The van der Waals surface area contributed by atoms with E-state index in [-0.39, 0.29) is 0 Å². The molecule has 0 unspecified atom stereocenters. The van der Waals surface area contributed by atoms with Crippen molar-refractivity contribution in [3.63, 3.8) is 0 Å². The fraction of sp³-hybridized carbons (Fsp3) is 0.515. The van der Waals surface area contributed by atoms with E-state index in [1.807, 2.05) is 0 Å². The third kappa shape index (κ3) is 5.42. The first-order valence-electron chi connectivity index (χ1n) is 13.3. The number of hydrogen-bond acceptors (Lipinski definition) is 1. The van der Waals surface area contributed by atoms with Gasteiger partial charge in [-0.15, -0.1) is 0 Å². The van der Waals surface area contributed by atoms with Gasteiger partial charge in [-0.25, -0.2) is 4.39 Å². The van der Waals surface area contributed by atoms with Gasteiger partial charge in [-0.2, -0.15) is 0 Å². The van der Waals surface area contributed by atoms with Gasteiger partial charge in [0.1, 0.15) is 11.5 Å². The van der Waals surface area contributed by atoms with Crippen molar-refractivity contribution >= 4 is 5.57 Å². The van der Waals surface area contributed by atoms with Crippen LogP contribution in [0.15, 0.2) is 18.5 Å². The lowest BCUT2D eigenvalue weighted by Crippen LogP contribution is -2.13. The zero-order valence-electron chi connectivity index (χ0n) is 23.7. The second-order valence-corrected chi connectivity index (χ2v) is 11.0. The van der Waals surface area contributed by atoms with E-state index in [2.05, 4.69) is 75.3 Å². The smallest absolute Gasteiger partial charge is 0.133 e. The summed E-state index contributed by atoms with van der Waals surface area (Å²) < 4.78 is 19.1. The fourth-order valence-electron chi connectivity index (χ4n) is 6.01. The Morgan fingerprint density at radius 2 is 1.11 bits per heavy atom. The summed E-state index contributed by atoms with van der Waals surface area (Å²) in [6, 6.07) is 0. The molecular formula is C33H45FO. The van der Waals surface area contributed by atoms with Gasteiger partial charge >= 0.3 is 0 Å². The topological polar surface area (TPSA) is 9.23 Å². The van der Waals surface area contributed by atoms with Crippen molar-refractivity contribution in [3.8, 4) is 11.5 Å². The van der Waals surface area contributed by atoms with E-state index in [1.165, 1.54) is 86.9 Å². The van der Waals surface area contributed by atoms with Crippen molar-refractivity contribution in [1.29, 1.82) is 0 Å². The number of hydrogen-bond donors (Lipinski definition) is 0. The van der Waals surface area contributed by atoms with E-state index in [0.717, 1.165) is 17.9 Å². The molecule has 1 aliphatic rings. The maximum Gasteiger partial charge on any atom is 0.133 e. The molecule has 0 N–H and O–H groups in total. The van der Waals surface area contributed by atoms with Crippen LogP contribution in [-0.4, -0.2) is 0 Å². The highest BCUT2D eigenvalue weighted by atomic mass is 19.1. The van der Waals surface area contributed by atoms with Gasteiger partial charge in [-0.1, -0.05) is 12.2 Å². The molecule has 1 aliphatic carbocycles. The van der Waals surface area contributed by atoms with Crippen LogP contribution < -0.4 is 4.74 Å². The van der Waals surface area contributed by atoms with Crippen molar-refractivity contribution in [1.82, 2.24) is 0 Å². The molecule has 1 nitrogen and oxygen atoms in total. The van der Waals surface area contributed by atoms with Crippen LogP contribution in [0.5, 0.6) is 11.5 Å². The molecule has 3 rings (SSSR count). The molecule has 0 amide bonds. The molecular weight excluding hydrogens is 431 g/mol. The minimum atomic E-state index is 0.611. The number of halogens is 1. The summed E-state index contributed by atoms with van der Waals surface area (Å²) in [5.74, 6) is 3.26. The second kappa shape index (κ2) is 11.1. The monoisotopic (exact) mass is 476 g/mol. The van der Waals surface area contributed by atoms with E-state index in [9.17, 15) is 4.39 Å². The number of ether oxygens (including phenoxy) is 1. The summed E-state index contributed by atoms with van der Waals surface area (Å²) in [5, 5.41) is 0. The fourth-order valence-corrected chi connectivity index (χ4v) is 6.01. The van der Waals surface area contributed by atoms with E-state index in [1.54, 1.807) is 6.08 Å². The molecule has 2 heteroatoms. The molecule has 0 spiro atoms. The Kier molecular flexibility index (Phi) is 8.67. The van der Waals surface area contributed by atoms with Crippen LogP contribution in [0.3, 0.4) is 0 Å². The average Bonchev–Trinajstić information content (AvgIpc) is 2.84. The summed E-state index contributed by atoms with van der Waals surface area (Å²) in [7, 11) is 0. The Hall–Kier alpha value is -2.35. The largest absolute Gasteiger partial charge is 0.456 e. The predicted octanol–water partition coefficient (Wildman–Crippen LogP) is 10.3. The minimum Gasteiger partial charge on any atom is -0.456 e. The molecule has 0 saturated heterocycles. The molecule has 0 aromatic heterocycles. The molecule has 0 bridgehead atoms. The van der Waals surface area contributed by atoms with Crippen LogP contribution in [0.1, 0.15) is 94.7 Å². The molecule has 0 radical (unpaired) electrons. The third-order valence-corrected chi connectivity index (χ3v) is 9.02. The second-order valence-electron chi connectivity index (χ2n) is 11.0. The SMILES string of the molecule is C/C(=C\C1CCC(C/C=C/F)CC1)c1c(C)c(C)c(Oc2c(C)c(C)c(C)c(C)c2C)c(C)c1C. The van der Waals surface area contributed by atoms with E-state index < -0.39 is 0 Å². The molecule has 2 aromatic carbocycles. The Labute approximate surface area is 213 Å². The normalized spacial score (nSPS) is 19.0. The highest BCUT2D eigenvalue weighted by Crippen LogP contribution is 2.42. The van der Waals surface area contributed by atoms with Crippen molar-refractivity contribution in [2.75, 3.05) is 0 Å². The van der Waals surface area contributed by atoms with Crippen LogP contribution in [0.2, 0.25) is 0 Å². The molecule has 35 heavy (non-hydrogen) atoms. The Morgan fingerprint density at radius 1 is 0.686 bits per heavy atom. The van der Waals surface area contributed by atoms with E-state index in [0.29, 0.717) is 18.2 Å². The Balaban J connectivity index is 1.94. The summed E-state index contributed by atoms with van der Waals surface area (Å²) in [5.41, 5.74) is 14.3. The standard InChI is InChI=1S/C33H45FO/c1-19(18-30-15-13-29(14-16-30)12-11-17-34)31-23(5)27(9)33(28(10)24(31)6)35-32-25(7)21(3)20(2)22(4)26(32)8/h11,17-18,29-30H,12-16H2,1-10H3/b17-11+,19-18+. The van der Waals surface area contributed by atoms with Gasteiger partial charge in [0, 0.05) is 0 Å². The molecule has 1 saturated carbocycles. The lowest BCUT2D eigenvalue weighted by atomic mass is 9.79. The molecule has 190 valence electrons. The van der Waals surface area contributed by atoms with Crippen LogP contribution >= 0.6 is 0 Å². The highest BCUT2D eigenvalue weighted by molar-refractivity contribution is 5.74. The maximum atomic E-state index is 12.4. The van der Waals surface area contributed by atoms with Gasteiger partial charge in [0.25, 0.3) is 0 Å². The van der Waals surface area contributed by atoms with Crippen molar-refractivity contribution in [2.24, 2.45) is 11.8 Å². The van der Waals surface area contributed by atoms with Gasteiger partial charge in [0.2, 0.25) is 0 Å². The van der Waals surface area contributed by atoms with E-state index in [4.69, 9.17) is 4.74 Å². The first kappa shape index (κ1) is 27.2. The molecule has 0 heterocycles. The van der Waals surface area contributed by atoms with Gasteiger partial charge in [-0.3, -0.25) is 0 Å². The summed E-state index contributed by atoms with van der Waals surface area (Å²) >= 11 is 0. The van der Waals surface area contributed by atoms with Crippen LogP contribution in [0.25, 0.3) is 5.57 Å². The Bertz CT molecular complexity index is 1100. The van der Waals surface area contributed by atoms with Crippen molar-refractivity contribution in [3.05, 3.63) is 74.1 Å². The number of rotatable bonds is 6. The highest BCUT2D eigenvalue weighted by Gasteiger charge is 2.23. The minimum absolute atomic E-state index is 0.611. The summed E-state index contributed by atoms with van der Waals surface area (Å²) in [6.45, 7) is 22.1. The van der Waals surface area contributed by atoms with Gasteiger partial charge in [0.05, 0.1) is 6.33 Å². The third-order valence-electron chi connectivity index (χ3n) is 9.02. The zero-order chi connectivity index (χ0) is 26.0. The van der Waals surface area contributed by atoms with Crippen molar-refractivity contribution in [2.45, 2.75) is 101 Å². The lowest BCUT2D eigenvalue weighted by molar-refractivity contribution is 0.312.